The van der Waals surface area contributed by atoms with Crippen molar-refractivity contribution in [1.29, 1.82) is 0 Å². The average Bonchev–Trinajstić information content (AvgIpc) is 2.99. The van der Waals surface area contributed by atoms with E-state index >= 15 is 0 Å². The number of carbonyl (C=O) groups is 1. The molecule has 0 spiro atoms. The Balaban J connectivity index is 1.70. The van der Waals surface area contributed by atoms with E-state index in [9.17, 15) is 4.79 Å². The molecule has 1 aliphatic heterocycles. The summed E-state index contributed by atoms with van der Waals surface area (Å²) in [4.78, 5) is 16.6. The largest absolute Gasteiger partial charge is 0.295 e. The molecule has 2 aliphatic rings. The van der Waals surface area contributed by atoms with Gasteiger partial charge in [0.05, 0.1) is 12.5 Å². The topological polar surface area (TPSA) is 59.8 Å². The van der Waals surface area contributed by atoms with Gasteiger partial charge in [-0.15, -0.1) is 0 Å². The van der Waals surface area contributed by atoms with E-state index in [-0.39, 0.29) is 11.9 Å². The molecule has 0 radical (unpaired) electrons. The summed E-state index contributed by atoms with van der Waals surface area (Å²) in [5, 5.41) is 7.63. The van der Waals surface area contributed by atoms with Crippen LogP contribution >= 0.6 is 0 Å². The van der Waals surface area contributed by atoms with Gasteiger partial charge in [0, 0.05) is 5.92 Å². The third-order valence-electron chi connectivity index (χ3n) is 4.73. The third-order valence-corrected chi connectivity index (χ3v) is 4.73. The molecular formula is C17H20N4O. The van der Waals surface area contributed by atoms with Crippen molar-refractivity contribution in [2.24, 2.45) is 0 Å². The van der Waals surface area contributed by atoms with Crippen LogP contribution in [0.5, 0.6) is 0 Å². The maximum atomic E-state index is 12.0. The highest BCUT2D eigenvalue weighted by molar-refractivity contribution is 5.91. The summed E-state index contributed by atoms with van der Waals surface area (Å²) in [6, 6.07) is 10.0. The summed E-state index contributed by atoms with van der Waals surface area (Å²) < 4.78 is 1.90. The van der Waals surface area contributed by atoms with E-state index in [4.69, 9.17) is 5.10 Å². The summed E-state index contributed by atoms with van der Waals surface area (Å²) in [5.41, 5.74) is 1.11. The number of hydrogen-bond acceptors (Lipinski definition) is 3. The van der Waals surface area contributed by atoms with Crippen molar-refractivity contribution >= 4 is 11.9 Å². The highest BCUT2D eigenvalue weighted by Crippen LogP contribution is 2.34. The van der Waals surface area contributed by atoms with Crippen LogP contribution in [0.4, 0.5) is 5.95 Å². The van der Waals surface area contributed by atoms with E-state index in [0.717, 1.165) is 24.2 Å². The lowest BCUT2D eigenvalue weighted by atomic mass is 9.89. The molecule has 2 aromatic rings. The molecule has 0 bridgehead atoms. The monoisotopic (exact) mass is 296 g/mol. The molecule has 1 amide bonds. The number of nitrogens with one attached hydrogen (secondary N) is 1. The van der Waals surface area contributed by atoms with Gasteiger partial charge < -0.3 is 0 Å². The van der Waals surface area contributed by atoms with Gasteiger partial charge in [0.25, 0.3) is 0 Å². The van der Waals surface area contributed by atoms with Crippen molar-refractivity contribution in [3.05, 3.63) is 41.7 Å². The lowest BCUT2D eigenvalue weighted by Crippen LogP contribution is -2.29. The normalized spacial score (nSPS) is 22.2. The molecule has 1 atom stereocenters. The Hall–Kier alpha value is -2.17. The maximum Gasteiger partial charge on any atom is 0.229 e. The molecule has 1 fully saturated rings. The van der Waals surface area contributed by atoms with E-state index in [2.05, 4.69) is 22.4 Å². The first-order valence-corrected chi connectivity index (χ1v) is 8.12. The first kappa shape index (κ1) is 13.5. The zero-order valence-electron chi connectivity index (χ0n) is 12.5. The number of rotatable bonds is 2. The Bertz CT molecular complexity index is 673. The molecular weight excluding hydrogens is 276 g/mol. The van der Waals surface area contributed by atoms with E-state index in [1.165, 1.54) is 19.3 Å². The van der Waals surface area contributed by atoms with Crippen molar-refractivity contribution in [3.8, 4) is 0 Å². The standard InChI is InChI=1S/C17H20N4O/c22-15-11-14(12-7-3-1-4-8-12)21-17(18-15)19-16(20-21)13-9-5-2-6-10-13/h1,3-4,7-8,13-14H,2,5-6,9-11H2,(H,18,19,20,22). The Morgan fingerprint density at radius 1 is 1.09 bits per heavy atom. The number of amides is 1. The maximum absolute atomic E-state index is 12.0. The van der Waals surface area contributed by atoms with E-state index < -0.39 is 0 Å². The Labute approximate surface area is 129 Å². The molecule has 2 heterocycles. The molecule has 5 nitrogen and oxygen atoms in total. The van der Waals surface area contributed by atoms with Crippen LogP contribution in [0, 0.1) is 0 Å². The molecule has 0 saturated heterocycles. The molecule has 1 unspecified atom stereocenters. The van der Waals surface area contributed by atoms with Gasteiger partial charge in [0.15, 0.2) is 5.82 Å². The first-order valence-electron chi connectivity index (χ1n) is 8.12. The molecule has 1 aromatic heterocycles. The summed E-state index contributed by atoms with van der Waals surface area (Å²) in [7, 11) is 0. The van der Waals surface area contributed by atoms with E-state index in [0.29, 0.717) is 18.3 Å². The van der Waals surface area contributed by atoms with Crippen molar-refractivity contribution in [1.82, 2.24) is 14.8 Å². The molecule has 4 rings (SSSR count). The first-order chi connectivity index (χ1) is 10.8. The van der Waals surface area contributed by atoms with Crippen molar-refractivity contribution in [2.45, 2.75) is 50.5 Å². The second-order valence-electron chi connectivity index (χ2n) is 6.25. The number of benzene rings is 1. The van der Waals surface area contributed by atoms with E-state index in [1.807, 2.05) is 22.9 Å². The minimum absolute atomic E-state index is 0.0175. The SMILES string of the molecule is O=C1CC(c2ccccc2)n2nc(C3CCCCC3)nc2N1. The fraction of sp³-hybridized carbons (Fsp3) is 0.471. The zero-order chi connectivity index (χ0) is 14.9. The van der Waals surface area contributed by atoms with Crippen LogP contribution in [-0.4, -0.2) is 20.7 Å². The lowest BCUT2D eigenvalue weighted by molar-refractivity contribution is -0.117. The predicted molar refractivity (Wildman–Crippen MR) is 83.7 cm³/mol. The average molecular weight is 296 g/mol. The number of hydrogen-bond donors (Lipinski definition) is 1. The van der Waals surface area contributed by atoms with Crippen LogP contribution in [0.3, 0.4) is 0 Å². The van der Waals surface area contributed by atoms with E-state index in [1.54, 1.807) is 0 Å². The molecule has 5 heteroatoms. The van der Waals surface area contributed by atoms with Crippen LogP contribution < -0.4 is 5.32 Å². The summed E-state index contributed by atoms with van der Waals surface area (Å²) in [6.07, 6.45) is 6.56. The minimum atomic E-state index is -0.0465. The van der Waals surface area contributed by atoms with Gasteiger partial charge in [-0.3, -0.25) is 10.1 Å². The van der Waals surface area contributed by atoms with Crippen molar-refractivity contribution in [2.75, 3.05) is 5.32 Å². The van der Waals surface area contributed by atoms with Crippen molar-refractivity contribution < 1.29 is 4.79 Å². The van der Waals surface area contributed by atoms with Gasteiger partial charge in [-0.05, 0) is 18.4 Å². The third kappa shape index (κ3) is 2.40. The molecule has 1 N–H and O–H groups in total. The lowest BCUT2D eigenvalue weighted by Gasteiger charge is -2.23. The predicted octanol–water partition coefficient (Wildman–Crippen LogP) is 3.26. The van der Waals surface area contributed by atoms with Crippen LogP contribution in [0.2, 0.25) is 0 Å². The van der Waals surface area contributed by atoms with Crippen LogP contribution in [0.25, 0.3) is 0 Å². The molecule has 1 aliphatic carbocycles. The van der Waals surface area contributed by atoms with Gasteiger partial charge in [-0.1, -0.05) is 49.6 Å². The number of carbonyl (C=O) groups excluding carboxylic acids is 1. The zero-order valence-corrected chi connectivity index (χ0v) is 12.5. The Morgan fingerprint density at radius 2 is 1.86 bits per heavy atom. The molecule has 114 valence electrons. The van der Waals surface area contributed by atoms with Gasteiger partial charge in [0.2, 0.25) is 11.9 Å². The van der Waals surface area contributed by atoms with Crippen LogP contribution in [0.15, 0.2) is 30.3 Å². The summed E-state index contributed by atoms with van der Waals surface area (Å²) >= 11 is 0. The number of nitrogens with zero attached hydrogens (tertiary/aromatic N) is 3. The minimum Gasteiger partial charge on any atom is -0.295 e. The smallest absolute Gasteiger partial charge is 0.229 e. The van der Waals surface area contributed by atoms with Gasteiger partial charge in [-0.2, -0.15) is 10.1 Å². The van der Waals surface area contributed by atoms with Gasteiger partial charge in [0.1, 0.15) is 0 Å². The fourth-order valence-corrected chi connectivity index (χ4v) is 3.55. The van der Waals surface area contributed by atoms with Gasteiger partial charge >= 0.3 is 0 Å². The van der Waals surface area contributed by atoms with Crippen molar-refractivity contribution in [3.63, 3.8) is 0 Å². The number of fused-ring (bicyclic) bond motifs is 1. The Kier molecular flexibility index (Phi) is 3.41. The summed E-state index contributed by atoms with van der Waals surface area (Å²) in [5.74, 6) is 1.97. The quantitative estimate of drug-likeness (QED) is 0.925. The molecule has 1 aromatic carbocycles. The second-order valence-corrected chi connectivity index (χ2v) is 6.25. The highest BCUT2D eigenvalue weighted by atomic mass is 16.2. The summed E-state index contributed by atoms with van der Waals surface area (Å²) in [6.45, 7) is 0. The number of anilines is 1. The Morgan fingerprint density at radius 3 is 2.64 bits per heavy atom. The van der Waals surface area contributed by atoms with Crippen LogP contribution in [-0.2, 0) is 4.79 Å². The fourth-order valence-electron chi connectivity index (χ4n) is 3.55. The molecule has 1 saturated carbocycles. The van der Waals surface area contributed by atoms with Crippen LogP contribution in [0.1, 0.15) is 61.9 Å². The number of aromatic nitrogens is 3. The molecule has 22 heavy (non-hydrogen) atoms. The van der Waals surface area contributed by atoms with Gasteiger partial charge in [-0.25, -0.2) is 4.68 Å². The highest BCUT2D eigenvalue weighted by Gasteiger charge is 2.30. The second kappa shape index (κ2) is 5.55.